The highest BCUT2D eigenvalue weighted by atomic mass is 32.2. The van der Waals surface area contributed by atoms with Crippen LogP contribution in [0, 0.1) is 5.92 Å². The van der Waals surface area contributed by atoms with E-state index in [1.54, 1.807) is 36.4 Å². The molecule has 2 aliphatic heterocycles. The van der Waals surface area contributed by atoms with Gasteiger partial charge in [0, 0.05) is 43.8 Å². The molecule has 0 bridgehead atoms. The van der Waals surface area contributed by atoms with Gasteiger partial charge in [0.05, 0.1) is 37.5 Å². The molecule has 2 unspecified atom stereocenters. The van der Waals surface area contributed by atoms with Crippen LogP contribution in [0.1, 0.15) is 16.8 Å². The van der Waals surface area contributed by atoms with Gasteiger partial charge in [-0.05, 0) is 36.8 Å². The molecule has 0 radical (unpaired) electrons. The molecule has 2 aromatic rings. The number of carbonyl (C=O) groups is 1. The number of morpholine rings is 1. The summed E-state index contributed by atoms with van der Waals surface area (Å²) in [5, 5.41) is 3.01. The van der Waals surface area contributed by atoms with Crippen molar-refractivity contribution in [3.05, 3.63) is 54.1 Å². The number of anilines is 1. The summed E-state index contributed by atoms with van der Waals surface area (Å²) < 4.78 is 44.7. The highest BCUT2D eigenvalue weighted by molar-refractivity contribution is 7.92. The highest BCUT2D eigenvalue weighted by Gasteiger charge is 2.32. The fraction of sp³-hybridized carbons (Fsp3) is 0.458. The lowest BCUT2D eigenvalue weighted by molar-refractivity contribution is 0.00166. The van der Waals surface area contributed by atoms with E-state index in [0.717, 1.165) is 26.1 Å². The molecule has 2 saturated heterocycles. The maximum Gasteiger partial charge on any atom is 0.262 e. The molecular weight excluding hydrogens is 458 g/mol. The number of sulfonamides is 1. The number of methoxy groups -OCH3 is 1. The van der Waals surface area contributed by atoms with Gasteiger partial charge in [-0.25, -0.2) is 8.42 Å². The molecule has 0 aliphatic carbocycles. The number of nitrogens with one attached hydrogen (secondary N) is 2. The van der Waals surface area contributed by atoms with Gasteiger partial charge < -0.3 is 19.5 Å². The fourth-order valence-electron chi connectivity index (χ4n) is 4.40. The van der Waals surface area contributed by atoms with Gasteiger partial charge in [0.25, 0.3) is 15.9 Å². The Balaban J connectivity index is 1.45. The quantitative estimate of drug-likeness (QED) is 0.555. The lowest BCUT2D eigenvalue weighted by Gasteiger charge is -2.37. The molecule has 2 atom stereocenters. The van der Waals surface area contributed by atoms with Crippen molar-refractivity contribution in [2.24, 2.45) is 5.92 Å². The van der Waals surface area contributed by atoms with Crippen molar-refractivity contribution in [1.29, 1.82) is 0 Å². The molecule has 2 aromatic carbocycles. The molecule has 2 heterocycles. The second kappa shape index (κ2) is 11.2. The molecule has 2 aliphatic rings. The first-order chi connectivity index (χ1) is 16.5. The van der Waals surface area contributed by atoms with Crippen molar-refractivity contribution in [1.82, 2.24) is 10.2 Å². The van der Waals surface area contributed by atoms with Crippen LogP contribution < -0.4 is 14.8 Å². The van der Waals surface area contributed by atoms with E-state index >= 15 is 0 Å². The maximum absolute atomic E-state index is 13.0. The second-order valence-electron chi connectivity index (χ2n) is 8.38. The standard InChI is InChI=1S/C24H31N3O6S/c1-31-23-8-3-2-7-21(23)26-34(29,30)20-6-4-5-18(15-20)24(28)25-16-22(19-9-12-33-17-19)27-10-13-32-14-11-27/h2-8,15,19,22,26H,9-14,16-17H2,1H3,(H,25,28). The van der Waals surface area contributed by atoms with Crippen molar-refractivity contribution in [2.45, 2.75) is 17.4 Å². The number of para-hydroxylation sites is 2. The van der Waals surface area contributed by atoms with Gasteiger partial charge in [-0.15, -0.1) is 0 Å². The molecule has 184 valence electrons. The summed E-state index contributed by atoms with van der Waals surface area (Å²) in [7, 11) is -2.44. The normalized spacial score (nSPS) is 20.0. The molecule has 10 heteroatoms. The molecule has 9 nitrogen and oxygen atoms in total. The Kier molecular flexibility index (Phi) is 8.04. The van der Waals surface area contributed by atoms with E-state index in [9.17, 15) is 13.2 Å². The summed E-state index contributed by atoms with van der Waals surface area (Å²) in [4.78, 5) is 15.3. The lowest BCUT2D eigenvalue weighted by Crippen LogP contribution is -2.52. The van der Waals surface area contributed by atoms with Crippen LogP contribution in [-0.2, 0) is 19.5 Å². The van der Waals surface area contributed by atoms with Crippen molar-refractivity contribution in [3.8, 4) is 5.75 Å². The zero-order valence-corrected chi connectivity index (χ0v) is 20.1. The molecule has 0 saturated carbocycles. The van der Waals surface area contributed by atoms with Crippen LogP contribution in [0.2, 0.25) is 0 Å². The van der Waals surface area contributed by atoms with Crippen LogP contribution in [0.25, 0.3) is 0 Å². The van der Waals surface area contributed by atoms with E-state index in [1.165, 1.54) is 19.2 Å². The predicted molar refractivity (Wildman–Crippen MR) is 128 cm³/mol. The van der Waals surface area contributed by atoms with Gasteiger partial charge in [0.15, 0.2) is 0 Å². The zero-order chi connectivity index (χ0) is 24.0. The average Bonchev–Trinajstić information content (AvgIpc) is 3.39. The van der Waals surface area contributed by atoms with E-state index in [1.807, 2.05) is 0 Å². The Hall–Kier alpha value is -2.66. The molecule has 0 aromatic heterocycles. The zero-order valence-electron chi connectivity index (χ0n) is 19.2. The third kappa shape index (κ3) is 5.87. The van der Waals surface area contributed by atoms with Crippen LogP contribution in [-0.4, -0.2) is 78.4 Å². The van der Waals surface area contributed by atoms with E-state index < -0.39 is 10.0 Å². The first-order valence-electron chi connectivity index (χ1n) is 11.4. The molecular formula is C24H31N3O6S. The molecule has 1 amide bonds. The van der Waals surface area contributed by atoms with Crippen molar-refractivity contribution >= 4 is 21.6 Å². The molecule has 2 fully saturated rings. The minimum absolute atomic E-state index is 0.0000201. The van der Waals surface area contributed by atoms with Gasteiger partial charge in [0.2, 0.25) is 0 Å². The summed E-state index contributed by atoms with van der Waals surface area (Å²) in [5.41, 5.74) is 0.610. The topological polar surface area (TPSA) is 106 Å². The summed E-state index contributed by atoms with van der Waals surface area (Å²) in [6.45, 7) is 4.87. The Morgan fingerprint density at radius 3 is 2.65 bits per heavy atom. The van der Waals surface area contributed by atoms with Gasteiger partial charge in [-0.2, -0.15) is 0 Å². The largest absolute Gasteiger partial charge is 0.495 e. The number of nitrogens with zero attached hydrogens (tertiary/aromatic N) is 1. The van der Waals surface area contributed by atoms with E-state index in [0.29, 0.717) is 43.7 Å². The van der Waals surface area contributed by atoms with Crippen molar-refractivity contribution in [3.63, 3.8) is 0 Å². The molecule has 4 rings (SSSR count). The van der Waals surface area contributed by atoms with Gasteiger partial charge in [0.1, 0.15) is 5.75 Å². The summed E-state index contributed by atoms with van der Waals surface area (Å²) in [6, 6.07) is 12.9. The Labute approximate surface area is 200 Å². The Bertz CT molecular complexity index is 1080. The second-order valence-corrected chi connectivity index (χ2v) is 10.1. The van der Waals surface area contributed by atoms with Gasteiger partial charge in [-0.3, -0.25) is 14.4 Å². The van der Waals surface area contributed by atoms with Crippen molar-refractivity contribution < 1.29 is 27.4 Å². The molecule has 2 N–H and O–H groups in total. The minimum Gasteiger partial charge on any atom is -0.495 e. The monoisotopic (exact) mass is 489 g/mol. The molecule has 34 heavy (non-hydrogen) atoms. The van der Waals surface area contributed by atoms with Gasteiger partial charge in [-0.1, -0.05) is 18.2 Å². The average molecular weight is 490 g/mol. The van der Waals surface area contributed by atoms with Crippen LogP contribution in [0.15, 0.2) is 53.4 Å². The van der Waals surface area contributed by atoms with Crippen LogP contribution >= 0.6 is 0 Å². The molecule has 0 spiro atoms. The van der Waals surface area contributed by atoms with E-state index in [2.05, 4.69) is 14.9 Å². The summed E-state index contributed by atoms with van der Waals surface area (Å²) >= 11 is 0. The fourth-order valence-corrected chi connectivity index (χ4v) is 5.51. The predicted octanol–water partition coefficient (Wildman–Crippen LogP) is 1.96. The lowest BCUT2D eigenvalue weighted by atomic mass is 9.96. The maximum atomic E-state index is 13.0. The number of benzene rings is 2. The number of rotatable bonds is 9. The Morgan fingerprint density at radius 2 is 1.91 bits per heavy atom. The number of ether oxygens (including phenoxy) is 3. The third-order valence-electron chi connectivity index (χ3n) is 6.25. The van der Waals surface area contributed by atoms with Crippen molar-refractivity contribution in [2.75, 3.05) is 57.9 Å². The van der Waals surface area contributed by atoms with E-state index in [-0.39, 0.29) is 22.4 Å². The van der Waals surface area contributed by atoms with Crippen LogP contribution in [0.5, 0.6) is 5.75 Å². The van der Waals surface area contributed by atoms with Crippen LogP contribution in [0.4, 0.5) is 5.69 Å². The Morgan fingerprint density at radius 1 is 1.12 bits per heavy atom. The highest BCUT2D eigenvalue weighted by Crippen LogP contribution is 2.26. The van der Waals surface area contributed by atoms with Gasteiger partial charge >= 0.3 is 0 Å². The third-order valence-corrected chi connectivity index (χ3v) is 7.62. The number of carbonyl (C=O) groups excluding carboxylic acids is 1. The first-order valence-corrected chi connectivity index (χ1v) is 12.9. The summed E-state index contributed by atoms with van der Waals surface area (Å²) in [5.74, 6) is 0.437. The number of hydrogen-bond donors (Lipinski definition) is 2. The number of amides is 1. The van der Waals surface area contributed by atoms with E-state index in [4.69, 9.17) is 14.2 Å². The smallest absolute Gasteiger partial charge is 0.262 e. The summed E-state index contributed by atoms with van der Waals surface area (Å²) in [6.07, 6.45) is 0.959. The van der Waals surface area contributed by atoms with Crippen LogP contribution in [0.3, 0.4) is 0 Å². The number of hydrogen-bond acceptors (Lipinski definition) is 7. The minimum atomic E-state index is -3.91. The first kappa shape index (κ1) is 24.5. The SMILES string of the molecule is COc1ccccc1NS(=O)(=O)c1cccc(C(=O)NCC(C2CCOC2)N2CCOCC2)c1.